The highest BCUT2D eigenvalue weighted by atomic mass is 32.2. The van der Waals surface area contributed by atoms with Crippen molar-refractivity contribution in [2.24, 2.45) is 0 Å². The summed E-state index contributed by atoms with van der Waals surface area (Å²) in [6, 6.07) is 0. The lowest BCUT2D eigenvalue weighted by atomic mass is 10.2. The van der Waals surface area contributed by atoms with Gasteiger partial charge in [0.05, 0.1) is 24.1 Å². The van der Waals surface area contributed by atoms with E-state index in [0.717, 1.165) is 13.0 Å². The Morgan fingerprint density at radius 1 is 1.36 bits per heavy atom. The van der Waals surface area contributed by atoms with Gasteiger partial charge in [0.25, 0.3) is 0 Å². The molecule has 2 saturated heterocycles. The Bertz CT molecular complexity index is 196. The average molecular weight is 218 g/mol. The van der Waals surface area contributed by atoms with E-state index < -0.39 is 0 Å². The van der Waals surface area contributed by atoms with Crippen LogP contribution in [0.2, 0.25) is 0 Å². The molecule has 0 aromatic heterocycles. The summed E-state index contributed by atoms with van der Waals surface area (Å²) in [5, 5.41) is 0.384. The molecule has 0 aromatic rings. The highest BCUT2D eigenvalue weighted by Crippen LogP contribution is 2.33. The number of ether oxygens (including phenoxy) is 2. The van der Waals surface area contributed by atoms with Crippen molar-refractivity contribution in [1.29, 1.82) is 0 Å². The predicted molar refractivity (Wildman–Crippen MR) is 57.5 cm³/mol. The van der Waals surface area contributed by atoms with Crippen LogP contribution in [-0.2, 0) is 14.3 Å². The lowest BCUT2D eigenvalue weighted by Crippen LogP contribution is -2.25. The van der Waals surface area contributed by atoms with E-state index in [9.17, 15) is 4.79 Å². The Kier molecular flexibility index (Phi) is 4.92. The number of fused-ring (bicyclic) bond motifs is 1. The van der Waals surface area contributed by atoms with Crippen LogP contribution in [0.5, 0.6) is 0 Å². The molecular weight excluding hydrogens is 200 g/mol. The SMILES string of the molecule is CC.CC(=O)SC1CO[C@@H]2CCO[C@H]12. The maximum absolute atomic E-state index is 10.8. The molecule has 82 valence electrons. The average Bonchev–Trinajstić information content (AvgIpc) is 2.73. The molecule has 0 bridgehead atoms. The van der Waals surface area contributed by atoms with Gasteiger partial charge in [0.2, 0.25) is 0 Å². The first-order valence-electron chi connectivity index (χ1n) is 5.18. The molecular formula is C10H18O3S. The minimum absolute atomic E-state index is 0.153. The number of hydrogen-bond donors (Lipinski definition) is 0. The fourth-order valence-electron chi connectivity index (χ4n) is 1.74. The zero-order valence-electron chi connectivity index (χ0n) is 8.99. The molecule has 4 heteroatoms. The molecule has 0 aromatic carbocycles. The second-order valence-corrected chi connectivity index (χ2v) is 4.56. The molecule has 3 atom stereocenters. The fraction of sp³-hybridized carbons (Fsp3) is 0.900. The van der Waals surface area contributed by atoms with Gasteiger partial charge in [-0.15, -0.1) is 0 Å². The molecule has 0 N–H and O–H groups in total. The molecule has 14 heavy (non-hydrogen) atoms. The molecule has 0 radical (unpaired) electrons. The minimum atomic E-state index is 0.153. The molecule has 2 rings (SSSR count). The standard InChI is InChI=1S/C8H12O3S.C2H6/c1-5(9)12-7-4-11-6-2-3-10-8(6)7;1-2/h6-8H,2-4H2,1H3;1-2H3/t6-,7?,8+;/m1./s1. The van der Waals surface area contributed by atoms with E-state index in [2.05, 4.69) is 0 Å². The monoisotopic (exact) mass is 218 g/mol. The summed E-state index contributed by atoms with van der Waals surface area (Å²) >= 11 is 1.35. The van der Waals surface area contributed by atoms with Gasteiger partial charge in [0, 0.05) is 13.5 Å². The van der Waals surface area contributed by atoms with Crippen LogP contribution in [0.15, 0.2) is 0 Å². The first-order chi connectivity index (χ1) is 6.77. The molecule has 2 aliphatic rings. The number of rotatable bonds is 1. The topological polar surface area (TPSA) is 35.5 Å². The van der Waals surface area contributed by atoms with Gasteiger partial charge >= 0.3 is 0 Å². The molecule has 0 amide bonds. The minimum Gasteiger partial charge on any atom is -0.374 e. The quantitative estimate of drug-likeness (QED) is 0.673. The van der Waals surface area contributed by atoms with Crippen molar-refractivity contribution in [3.05, 3.63) is 0 Å². The summed E-state index contributed by atoms with van der Waals surface area (Å²) in [4.78, 5) is 10.8. The van der Waals surface area contributed by atoms with E-state index in [1.54, 1.807) is 6.92 Å². The summed E-state index contributed by atoms with van der Waals surface area (Å²) in [6.07, 6.45) is 1.40. The number of hydrogen-bond acceptors (Lipinski definition) is 4. The van der Waals surface area contributed by atoms with Gasteiger partial charge in [0.15, 0.2) is 5.12 Å². The van der Waals surface area contributed by atoms with Crippen molar-refractivity contribution in [3.8, 4) is 0 Å². The van der Waals surface area contributed by atoms with Crippen LogP contribution in [-0.4, -0.2) is 35.8 Å². The van der Waals surface area contributed by atoms with Gasteiger partial charge in [0.1, 0.15) is 0 Å². The molecule has 0 saturated carbocycles. The second-order valence-electron chi connectivity index (χ2n) is 3.14. The third-order valence-corrected chi connectivity index (χ3v) is 3.28. The van der Waals surface area contributed by atoms with E-state index in [4.69, 9.17) is 9.47 Å². The summed E-state index contributed by atoms with van der Waals surface area (Å²) in [7, 11) is 0. The summed E-state index contributed by atoms with van der Waals surface area (Å²) in [6.45, 7) is 7.04. The Morgan fingerprint density at radius 2 is 2.07 bits per heavy atom. The lowest BCUT2D eigenvalue weighted by molar-refractivity contribution is -0.109. The van der Waals surface area contributed by atoms with E-state index in [0.29, 0.717) is 6.61 Å². The highest BCUT2D eigenvalue weighted by molar-refractivity contribution is 8.14. The van der Waals surface area contributed by atoms with Crippen molar-refractivity contribution in [2.75, 3.05) is 13.2 Å². The van der Waals surface area contributed by atoms with Crippen LogP contribution in [0.25, 0.3) is 0 Å². The number of thioether (sulfide) groups is 1. The van der Waals surface area contributed by atoms with Gasteiger partial charge in [-0.2, -0.15) is 0 Å². The van der Waals surface area contributed by atoms with Gasteiger partial charge in [-0.1, -0.05) is 25.6 Å². The third-order valence-electron chi connectivity index (χ3n) is 2.24. The molecule has 0 spiro atoms. The highest BCUT2D eigenvalue weighted by Gasteiger charge is 2.42. The molecule has 1 unspecified atom stereocenters. The van der Waals surface area contributed by atoms with Crippen molar-refractivity contribution in [1.82, 2.24) is 0 Å². The van der Waals surface area contributed by atoms with E-state index in [-0.39, 0.29) is 22.6 Å². The van der Waals surface area contributed by atoms with Gasteiger partial charge in [-0.05, 0) is 6.42 Å². The lowest BCUT2D eigenvalue weighted by Gasteiger charge is -2.12. The summed E-state index contributed by atoms with van der Waals surface area (Å²) in [5.74, 6) is 0. The Labute approximate surface area is 89.5 Å². The smallest absolute Gasteiger partial charge is 0.186 e. The van der Waals surface area contributed by atoms with Crippen molar-refractivity contribution in [2.45, 2.75) is 44.6 Å². The van der Waals surface area contributed by atoms with Gasteiger partial charge < -0.3 is 9.47 Å². The zero-order chi connectivity index (χ0) is 10.6. The van der Waals surface area contributed by atoms with Crippen LogP contribution in [0.3, 0.4) is 0 Å². The van der Waals surface area contributed by atoms with Crippen molar-refractivity contribution in [3.63, 3.8) is 0 Å². The summed E-state index contributed by atoms with van der Waals surface area (Å²) < 4.78 is 11.0. The predicted octanol–water partition coefficient (Wildman–Crippen LogP) is 1.85. The van der Waals surface area contributed by atoms with Crippen LogP contribution in [0.1, 0.15) is 27.2 Å². The van der Waals surface area contributed by atoms with E-state index >= 15 is 0 Å². The Balaban J connectivity index is 0.000000461. The van der Waals surface area contributed by atoms with Crippen molar-refractivity contribution < 1.29 is 14.3 Å². The maximum atomic E-state index is 10.8. The first kappa shape index (κ1) is 12.0. The second kappa shape index (κ2) is 5.73. The fourth-order valence-corrected chi connectivity index (χ4v) is 2.71. The molecule has 3 nitrogen and oxygen atoms in total. The Morgan fingerprint density at radius 3 is 2.71 bits per heavy atom. The third kappa shape index (κ3) is 2.72. The van der Waals surface area contributed by atoms with Gasteiger partial charge in [-0.3, -0.25) is 4.79 Å². The summed E-state index contributed by atoms with van der Waals surface area (Å²) in [5.41, 5.74) is 0. The Hall–Kier alpha value is -0.0600. The molecule has 2 aliphatic heterocycles. The van der Waals surface area contributed by atoms with E-state index in [1.807, 2.05) is 13.8 Å². The van der Waals surface area contributed by atoms with Crippen LogP contribution < -0.4 is 0 Å². The maximum Gasteiger partial charge on any atom is 0.186 e. The largest absolute Gasteiger partial charge is 0.374 e. The molecule has 2 fully saturated rings. The number of carbonyl (C=O) groups is 1. The van der Waals surface area contributed by atoms with Crippen LogP contribution in [0.4, 0.5) is 0 Å². The van der Waals surface area contributed by atoms with Gasteiger partial charge in [-0.25, -0.2) is 0 Å². The number of carbonyl (C=O) groups excluding carboxylic acids is 1. The first-order valence-corrected chi connectivity index (χ1v) is 6.06. The normalized spacial score (nSPS) is 34.6. The van der Waals surface area contributed by atoms with Crippen LogP contribution in [0, 0.1) is 0 Å². The van der Waals surface area contributed by atoms with Crippen molar-refractivity contribution >= 4 is 16.9 Å². The van der Waals surface area contributed by atoms with E-state index in [1.165, 1.54) is 11.8 Å². The van der Waals surface area contributed by atoms with Crippen LogP contribution >= 0.6 is 11.8 Å². The zero-order valence-corrected chi connectivity index (χ0v) is 9.80. The molecule has 0 aliphatic carbocycles. The molecule has 2 heterocycles.